The van der Waals surface area contributed by atoms with Gasteiger partial charge in [-0.15, -0.1) is 0 Å². The van der Waals surface area contributed by atoms with Gasteiger partial charge in [0.1, 0.15) is 0 Å². The van der Waals surface area contributed by atoms with E-state index in [4.69, 9.17) is 5.73 Å². The van der Waals surface area contributed by atoms with Crippen molar-refractivity contribution in [2.24, 2.45) is 0 Å². The van der Waals surface area contributed by atoms with Crippen LogP contribution in [0.3, 0.4) is 0 Å². The van der Waals surface area contributed by atoms with E-state index in [0.29, 0.717) is 17.8 Å². The van der Waals surface area contributed by atoms with E-state index in [0.717, 1.165) is 12.8 Å². The van der Waals surface area contributed by atoms with Gasteiger partial charge in [0, 0.05) is 23.8 Å². The van der Waals surface area contributed by atoms with Gasteiger partial charge in [0.05, 0.1) is 6.61 Å². The quantitative estimate of drug-likeness (QED) is 0.816. The maximum Gasteiger partial charge on any atom is 0.254 e. The first-order chi connectivity index (χ1) is 9.22. The zero-order valence-electron chi connectivity index (χ0n) is 11.2. The molecule has 19 heavy (non-hydrogen) atoms. The average Bonchev–Trinajstić information content (AvgIpc) is 2.46. The molecule has 4 heteroatoms. The second-order valence-corrected chi connectivity index (χ2v) is 5.14. The number of hydrogen-bond donors (Lipinski definition) is 2. The summed E-state index contributed by atoms with van der Waals surface area (Å²) in [5, 5.41) is 9.19. The fraction of sp³-hybridized carbons (Fsp3) is 0.533. The lowest BCUT2D eigenvalue weighted by Gasteiger charge is -2.34. The summed E-state index contributed by atoms with van der Waals surface area (Å²) in [6, 6.07) is 7.26. The van der Waals surface area contributed by atoms with E-state index >= 15 is 0 Å². The standard InChI is InChI=1S/C15H22N2O2/c16-13-8-6-12(7-9-13)15(19)17(10-11-18)14-4-2-1-3-5-14/h6-9,14,18H,1-5,10-11,16H2. The summed E-state index contributed by atoms with van der Waals surface area (Å²) in [4.78, 5) is 14.3. The summed E-state index contributed by atoms with van der Waals surface area (Å²) in [5.74, 6) is 0.000880. The predicted molar refractivity (Wildman–Crippen MR) is 75.8 cm³/mol. The van der Waals surface area contributed by atoms with E-state index in [1.165, 1.54) is 19.3 Å². The number of nitrogen functional groups attached to an aromatic ring is 1. The van der Waals surface area contributed by atoms with Gasteiger partial charge in [-0.1, -0.05) is 19.3 Å². The first kappa shape index (κ1) is 13.9. The van der Waals surface area contributed by atoms with Crippen molar-refractivity contribution in [1.82, 2.24) is 4.90 Å². The number of hydrogen-bond acceptors (Lipinski definition) is 3. The molecule has 0 aromatic heterocycles. The average molecular weight is 262 g/mol. The Morgan fingerprint density at radius 2 is 1.84 bits per heavy atom. The summed E-state index contributed by atoms with van der Waals surface area (Å²) in [7, 11) is 0. The molecule has 1 fully saturated rings. The first-order valence-electron chi connectivity index (χ1n) is 6.99. The van der Waals surface area contributed by atoms with Gasteiger partial charge in [-0.25, -0.2) is 0 Å². The Hall–Kier alpha value is -1.55. The monoisotopic (exact) mass is 262 g/mol. The highest BCUT2D eigenvalue weighted by Gasteiger charge is 2.25. The first-order valence-corrected chi connectivity index (χ1v) is 6.99. The van der Waals surface area contributed by atoms with Gasteiger partial charge in [0.25, 0.3) is 5.91 Å². The molecular weight excluding hydrogens is 240 g/mol. The Labute approximate surface area is 114 Å². The molecule has 0 aliphatic heterocycles. The highest BCUT2D eigenvalue weighted by atomic mass is 16.3. The molecule has 0 unspecified atom stereocenters. The molecule has 1 saturated carbocycles. The number of benzene rings is 1. The van der Waals surface area contributed by atoms with Gasteiger partial charge in [0.2, 0.25) is 0 Å². The van der Waals surface area contributed by atoms with E-state index in [2.05, 4.69) is 0 Å². The van der Waals surface area contributed by atoms with Gasteiger partial charge in [-0.3, -0.25) is 4.79 Å². The third kappa shape index (κ3) is 3.47. The van der Waals surface area contributed by atoms with Crippen LogP contribution in [0.2, 0.25) is 0 Å². The van der Waals surface area contributed by atoms with Crippen LogP contribution in [0, 0.1) is 0 Å². The number of rotatable bonds is 4. The van der Waals surface area contributed by atoms with E-state index in [1.54, 1.807) is 24.3 Å². The van der Waals surface area contributed by atoms with E-state index in [9.17, 15) is 9.90 Å². The molecule has 104 valence electrons. The lowest BCUT2D eigenvalue weighted by atomic mass is 9.93. The van der Waals surface area contributed by atoms with Gasteiger partial charge in [-0.05, 0) is 37.1 Å². The number of carbonyl (C=O) groups excluding carboxylic acids is 1. The summed E-state index contributed by atoms with van der Waals surface area (Å²) < 4.78 is 0. The Bertz CT molecular complexity index is 411. The highest BCUT2D eigenvalue weighted by molar-refractivity contribution is 5.94. The van der Waals surface area contributed by atoms with Crippen molar-refractivity contribution < 1.29 is 9.90 Å². The lowest BCUT2D eigenvalue weighted by Crippen LogP contribution is -2.43. The molecule has 2 rings (SSSR count). The fourth-order valence-corrected chi connectivity index (χ4v) is 2.74. The molecule has 3 N–H and O–H groups in total. The molecular formula is C15H22N2O2. The molecule has 0 spiro atoms. The number of nitrogens with two attached hydrogens (primary N) is 1. The van der Waals surface area contributed by atoms with Crippen molar-refractivity contribution in [3.8, 4) is 0 Å². The SMILES string of the molecule is Nc1ccc(C(=O)N(CCO)C2CCCCC2)cc1. The van der Waals surface area contributed by atoms with Gasteiger partial charge >= 0.3 is 0 Å². The summed E-state index contributed by atoms with van der Waals surface area (Å²) in [6.45, 7) is 0.422. The maximum absolute atomic E-state index is 12.5. The molecule has 1 aliphatic carbocycles. The summed E-state index contributed by atoms with van der Waals surface area (Å²) >= 11 is 0. The van der Waals surface area contributed by atoms with Gasteiger partial charge < -0.3 is 15.7 Å². The second-order valence-electron chi connectivity index (χ2n) is 5.14. The van der Waals surface area contributed by atoms with Crippen molar-refractivity contribution in [3.63, 3.8) is 0 Å². The molecule has 4 nitrogen and oxygen atoms in total. The molecule has 0 atom stereocenters. The number of anilines is 1. The Morgan fingerprint density at radius 1 is 1.21 bits per heavy atom. The molecule has 0 saturated heterocycles. The molecule has 0 bridgehead atoms. The topological polar surface area (TPSA) is 66.6 Å². The van der Waals surface area contributed by atoms with Gasteiger partial charge in [0.15, 0.2) is 0 Å². The minimum Gasteiger partial charge on any atom is -0.399 e. The van der Waals surface area contributed by atoms with Crippen LogP contribution in [0.5, 0.6) is 0 Å². The molecule has 1 aliphatic rings. The lowest BCUT2D eigenvalue weighted by molar-refractivity contribution is 0.0585. The zero-order valence-corrected chi connectivity index (χ0v) is 11.2. The summed E-state index contributed by atoms with van der Waals surface area (Å²) in [6.07, 6.45) is 5.67. The van der Waals surface area contributed by atoms with Crippen molar-refractivity contribution in [1.29, 1.82) is 0 Å². The predicted octanol–water partition coefficient (Wildman–Crippen LogP) is 2.04. The number of aliphatic hydroxyl groups is 1. The highest BCUT2D eigenvalue weighted by Crippen LogP contribution is 2.24. The Balaban J connectivity index is 2.13. The Kier molecular flexibility index (Phi) is 4.80. The second kappa shape index (κ2) is 6.57. The molecule has 0 heterocycles. The number of aliphatic hydroxyl groups excluding tert-OH is 1. The van der Waals surface area contributed by atoms with Crippen molar-refractivity contribution in [2.45, 2.75) is 38.1 Å². The van der Waals surface area contributed by atoms with Crippen LogP contribution in [-0.4, -0.2) is 35.1 Å². The minimum absolute atomic E-state index is 0.000880. The van der Waals surface area contributed by atoms with Crippen LogP contribution in [0.25, 0.3) is 0 Å². The zero-order chi connectivity index (χ0) is 13.7. The largest absolute Gasteiger partial charge is 0.399 e. The van der Waals surface area contributed by atoms with E-state index < -0.39 is 0 Å². The summed E-state index contributed by atoms with van der Waals surface area (Å²) in [5.41, 5.74) is 6.94. The van der Waals surface area contributed by atoms with Crippen molar-refractivity contribution >= 4 is 11.6 Å². The number of amides is 1. The van der Waals surface area contributed by atoms with Crippen molar-refractivity contribution in [3.05, 3.63) is 29.8 Å². The molecule has 1 aromatic rings. The fourth-order valence-electron chi connectivity index (χ4n) is 2.74. The molecule has 0 radical (unpaired) electrons. The van der Waals surface area contributed by atoms with Crippen LogP contribution >= 0.6 is 0 Å². The number of nitrogens with zero attached hydrogens (tertiary/aromatic N) is 1. The van der Waals surface area contributed by atoms with Crippen LogP contribution in [0.4, 0.5) is 5.69 Å². The van der Waals surface area contributed by atoms with Crippen molar-refractivity contribution in [2.75, 3.05) is 18.9 Å². The molecule has 1 amide bonds. The van der Waals surface area contributed by atoms with Crippen LogP contribution in [0.1, 0.15) is 42.5 Å². The van der Waals surface area contributed by atoms with E-state index in [1.807, 2.05) is 4.90 Å². The van der Waals surface area contributed by atoms with Crippen LogP contribution < -0.4 is 5.73 Å². The van der Waals surface area contributed by atoms with Crippen LogP contribution in [-0.2, 0) is 0 Å². The van der Waals surface area contributed by atoms with Gasteiger partial charge in [-0.2, -0.15) is 0 Å². The molecule has 1 aromatic carbocycles. The van der Waals surface area contributed by atoms with Crippen LogP contribution in [0.15, 0.2) is 24.3 Å². The number of carbonyl (C=O) groups is 1. The van der Waals surface area contributed by atoms with E-state index in [-0.39, 0.29) is 18.6 Å². The third-order valence-electron chi connectivity index (χ3n) is 3.77. The minimum atomic E-state index is 0.000880. The Morgan fingerprint density at radius 3 is 2.42 bits per heavy atom. The maximum atomic E-state index is 12.5. The smallest absolute Gasteiger partial charge is 0.254 e. The normalized spacial score (nSPS) is 16.3. The third-order valence-corrected chi connectivity index (χ3v) is 3.77.